The molecule has 0 radical (unpaired) electrons. The SMILES string of the molecule is C[C@@H]1OC(=O)C(N)=CC1=O. The summed E-state index contributed by atoms with van der Waals surface area (Å²) in [5.41, 5.74) is 4.97. The van der Waals surface area contributed by atoms with Gasteiger partial charge in [0.05, 0.1) is 0 Å². The number of carbonyl (C=O) groups is 2. The first-order valence-corrected chi connectivity index (χ1v) is 2.83. The van der Waals surface area contributed by atoms with Crippen molar-refractivity contribution in [3.05, 3.63) is 11.8 Å². The van der Waals surface area contributed by atoms with Gasteiger partial charge in [0.2, 0.25) is 0 Å². The van der Waals surface area contributed by atoms with E-state index in [1.54, 1.807) is 0 Å². The third kappa shape index (κ3) is 1.00. The minimum absolute atomic E-state index is 0.122. The Hall–Kier alpha value is -1.32. The molecule has 0 saturated carbocycles. The van der Waals surface area contributed by atoms with Crippen LogP contribution in [0.1, 0.15) is 6.92 Å². The van der Waals surface area contributed by atoms with E-state index in [0.29, 0.717) is 0 Å². The van der Waals surface area contributed by atoms with Gasteiger partial charge < -0.3 is 10.5 Å². The highest BCUT2D eigenvalue weighted by Crippen LogP contribution is 2.05. The Balaban J connectivity index is 2.90. The molecular weight excluding hydrogens is 134 g/mol. The van der Waals surface area contributed by atoms with Crippen LogP contribution in [0.4, 0.5) is 0 Å². The molecule has 54 valence electrons. The zero-order valence-corrected chi connectivity index (χ0v) is 5.46. The molecule has 0 aromatic rings. The van der Waals surface area contributed by atoms with E-state index in [1.165, 1.54) is 6.92 Å². The number of nitrogens with two attached hydrogens (primary N) is 1. The Morgan fingerprint density at radius 1 is 1.60 bits per heavy atom. The normalized spacial score (nSPS) is 25.7. The van der Waals surface area contributed by atoms with Crippen LogP contribution in [-0.2, 0) is 14.3 Å². The van der Waals surface area contributed by atoms with Gasteiger partial charge in [-0.15, -0.1) is 0 Å². The number of ketones is 1. The van der Waals surface area contributed by atoms with Crippen molar-refractivity contribution in [3.63, 3.8) is 0 Å². The van der Waals surface area contributed by atoms with E-state index >= 15 is 0 Å². The van der Waals surface area contributed by atoms with Gasteiger partial charge in [0.1, 0.15) is 5.70 Å². The van der Waals surface area contributed by atoms with Crippen molar-refractivity contribution in [2.24, 2.45) is 5.73 Å². The molecule has 0 aromatic carbocycles. The molecule has 1 aliphatic rings. The third-order valence-corrected chi connectivity index (χ3v) is 1.22. The molecule has 0 aliphatic carbocycles. The van der Waals surface area contributed by atoms with Crippen molar-refractivity contribution in [1.82, 2.24) is 0 Å². The Morgan fingerprint density at radius 2 is 2.20 bits per heavy atom. The number of ether oxygens (including phenoxy) is 1. The van der Waals surface area contributed by atoms with Crippen molar-refractivity contribution in [3.8, 4) is 0 Å². The molecule has 1 aliphatic heterocycles. The minimum Gasteiger partial charge on any atom is -0.450 e. The van der Waals surface area contributed by atoms with Gasteiger partial charge in [0.25, 0.3) is 0 Å². The zero-order valence-electron chi connectivity index (χ0n) is 5.46. The Labute approximate surface area is 57.6 Å². The summed E-state index contributed by atoms with van der Waals surface area (Å²) < 4.78 is 4.53. The molecule has 4 nitrogen and oxygen atoms in total. The first-order valence-electron chi connectivity index (χ1n) is 2.83. The van der Waals surface area contributed by atoms with Gasteiger partial charge >= 0.3 is 5.97 Å². The molecule has 2 N–H and O–H groups in total. The maximum absolute atomic E-state index is 10.7. The van der Waals surface area contributed by atoms with Crippen LogP contribution in [0.3, 0.4) is 0 Å². The lowest BCUT2D eigenvalue weighted by atomic mass is 10.2. The van der Waals surface area contributed by atoms with E-state index in [4.69, 9.17) is 5.73 Å². The van der Waals surface area contributed by atoms with E-state index in [2.05, 4.69) is 4.74 Å². The Bertz CT molecular complexity index is 219. The summed E-state index contributed by atoms with van der Waals surface area (Å²) in [5.74, 6) is -0.885. The Kier molecular flexibility index (Phi) is 1.45. The van der Waals surface area contributed by atoms with Gasteiger partial charge in [-0.1, -0.05) is 0 Å². The predicted molar refractivity (Wildman–Crippen MR) is 32.8 cm³/mol. The summed E-state index contributed by atoms with van der Waals surface area (Å²) in [6, 6.07) is 0. The standard InChI is InChI=1S/C6H7NO3/c1-3-5(8)2-4(7)6(9)10-3/h2-3H,7H2,1H3/t3-/m0/s1. The van der Waals surface area contributed by atoms with Crippen molar-refractivity contribution in [2.75, 3.05) is 0 Å². The van der Waals surface area contributed by atoms with Crippen molar-refractivity contribution in [2.45, 2.75) is 13.0 Å². The van der Waals surface area contributed by atoms with Crippen LogP contribution >= 0.6 is 0 Å². The van der Waals surface area contributed by atoms with Gasteiger partial charge in [0.15, 0.2) is 11.9 Å². The second kappa shape index (κ2) is 2.13. The van der Waals surface area contributed by atoms with Crippen LogP contribution in [0.5, 0.6) is 0 Å². The molecule has 1 rings (SSSR count). The number of carbonyl (C=O) groups excluding carboxylic acids is 2. The fourth-order valence-corrected chi connectivity index (χ4v) is 0.616. The molecule has 0 spiro atoms. The second-order valence-electron chi connectivity index (χ2n) is 2.05. The summed E-state index contributed by atoms with van der Waals surface area (Å²) >= 11 is 0. The van der Waals surface area contributed by atoms with Crippen molar-refractivity contribution < 1.29 is 14.3 Å². The molecule has 0 fully saturated rings. The van der Waals surface area contributed by atoms with Crippen LogP contribution in [-0.4, -0.2) is 17.9 Å². The monoisotopic (exact) mass is 141 g/mol. The highest BCUT2D eigenvalue weighted by molar-refractivity contribution is 6.05. The van der Waals surface area contributed by atoms with Crippen LogP contribution in [0.25, 0.3) is 0 Å². The van der Waals surface area contributed by atoms with E-state index in [9.17, 15) is 9.59 Å². The van der Waals surface area contributed by atoms with E-state index in [0.717, 1.165) is 6.08 Å². The zero-order chi connectivity index (χ0) is 7.72. The van der Waals surface area contributed by atoms with Crippen LogP contribution in [0, 0.1) is 0 Å². The number of esters is 1. The van der Waals surface area contributed by atoms with Gasteiger partial charge in [0, 0.05) is 6.08 Å². The summed E-state index contributed by atoms with van der Waals surface area (Å²) in [5, 5.41) is 0. The maximum Gasteiger partial charge on any atom is 0.355 e. The second-order valence-corrected chi connectivity index (χ2v) is 2.05. The summed E-state index contributed by atoms with van der Waals surface area (Å²) in [6.07, 6.45) is 0.413. The third-order valence-electron chi connectivity index (χ3n) is 1.22. The van der Waals surface area contributed by atoms with E-state index in [1.807, 2.05) is 0 Å². The highest BCUT2D eigenvalue weighted by Gasteiger charge is 2.23. The molecule has 0 unspecified atom stereocenters. The van der Waals surface area contributed by atoms with Gasteiger partial charge in [-0.3, -0.25) is 4.79 Å². The summed E-state index contributed by atoms with van der Waals surface area (Å²) in [4.78, 5) is 21.3. The first kappa shape index (κ1) is 6.80. The largest absolute Gasteiger partial charge is 0.450 e. The highest BCUT2D eigenvalue weighted by atomic mass is 16.5. The lowest BCUT2D eigenvalue weighted by Gasteiger charge is -2.14. The van der Waals surface area contributed by atoms with Crippen molar-refractivity contribution in [1.29, 1.82) is 0 Å². The number of rotatable bonds is 0. The molecule has 0 saturated heterocycles. The molecule has 0 bridgehead atoms. The molecule has 10 heavy (non-hydrogen) atoms. The molecule has 1 atom stereocenters. The molecule has 4 heteroatoms. The van der Waals surface area contributed by atoms with Gasteiger partial charge in [-0.05, 0) is 6.92 Å². The van der Waals surface area contributed by atoms with Gasteiger partial charge in [-0.25, -0.2) is 4.79 Å². The van der Waals surface area contributed by atoms with E-state index in [-0.39, 0.29) is 11.5 Å². The molecule has 0 aromatic heterocycles. The topological polar surface area (TPSA) is 69.4 Å². The summed E-state index contributed by atoms with van der Waals surface area (Å²) in [6.45, 7) is 1.50. The molecule has 1 heterocycles. The lowest BCUT2D eigenvalue weighted by Crippen LogP contribution is -2.31. The molecule has 0 amide bonds. The first-order chi connectivity index (χ1) is 4.61. The van der Waals surface area contributed by atoms with Crippen LogP contribution in [0.2, 0.25) is 0 Å². The average Bonchev–Trinajstić information content (AvgIpc) is 1.84. The quantitative estimate of drug-likeness (QED) is 0.455. The minimum atomic E-state index is -0.681. The fourth-order valence-electron chi connectivity index (χ4n) is 0.616. The number of hydrogen-bond donors (Lipinski definition) is 1. The average molecular weight is 141 g/mol. The summed E-state index contributed by atoms with van der Waals surface area (Å²) in [7, 11) is 0. The predicted octanol–water partition coefficient (Wildman–Crippen LogP) is -0.657. The Morgan fingerprint density at radius 3 is 2.70 bits per heavy atom. The maximum atomic E-state index is 10.7. The number of cyclic esters (lactones) is 1. The fraction of sp³-hybridized carbons (Fsp3) is 0.333. The van der Waals surface area contributed by atoms with Gasteiger partial charge in [-0.2, -0.15) is 0 Å². The lowest BCUT2D eigenvalue weighted by molar-refractivity contribution is -0.150. The van der Waals surface area contributed by atoms with Crippen LogP contribution in [0.15, 0.2) is 11.8 Å². The molecular formula is C6H7NO3. The van der Waals surface area contributed by atoms with E-state index < -0.39 is 12.1 Å². The smallest absolute Gasteiger partial charge is 0.355 e. The number of hydrogen-bond acceptors (Lipinski definition) is 4. The van der Waals surface area contributed by atoms with Crippen molar-refractivity contribution >= 4 is 11.8 Å². The van der Waals surface area contributed by atoms with Crippen LogP contribution < -0.4 is 5.73 Å².